The van der Waals surface area contributed by atoms with Crippen LogP contribution in [-0.4, -0.2) is 31.1 Å². The van der Waals surface area contributed by atoms with Crippen LogP contribution in [0.25, 0.3) is 10.8 Å². The quantitative estimate of drug-likeness (QED) is 0.906. The summed E-state index contributed by atoms with van der Waals surface area (Å²) in [5, 5.41) is 6.33. The van der Waals surface area contributed by atoms with Gasteiger partial charge in [0.2, 0.25) is 0 Å². The molecule has 1 fully saturated rings. The van der Waals surface area contributed by atoms with Gasteiger partial charge in [-0.05, 0) is 41.3 Å². The first-order valence-corrected chi connectivity index (χ1v) is 8.12. The van der Waals surface area contributed by atoms with Crippen molar-refractivity contribution in [3.63, 3.8) is 0 Å². The van der Waals surface area contributed by atoms with E-state index >= 15 is 0 Å². The van der Waals surface area contributed by atoms with E-state index in [1.54, 1.807) is 0 Å². The first-order valence-electron chi connectivity index (χ1n) is 8.12. The molecule has 2 aromatic rings. The Hall–Kier alpha value is -1.38. The molecule has 3 rings (SSSR count). The molecule has 2 aromatic carbocycles. The Labute approximate surface area is 128 Å². The van der Waals surface area contributed by atoms with Crippen molar-refractivity contribution in [2.45, 2.75) is 20.4 Å². The van der Waals surface area contributed by atoms with E-state index in [0.717, 1.165) is 19.6 Å². The van der Waals surface area contributed by atoms with Gasteiger partial charge >= 0.3 is 0 Å². The Bertz CT molecular complexity index is 576. The van der Waals surface area contributed by atoms with Crippen molar-refractivity contribution >= 4 is 10.8 Å². The number of fused-ring (bicyclic) bond motifs is 1. The molecule has 2 nitrogen and oxygen atoms in total. The molecule has 1 saturated heterocycles. The van der Waals surface area contributed by atoms with Gasteiger partial charge in [0.1, 0.15) is 0 Å². The summed E-state index contributed by atoms with van der Waals surface area (Å²) in [6, 6.07) is 15.4. The number of benzene rings is 2. The molecular formula is C19H26N2. The average molecular weight is 282 g/mol. The van der Waals surface area contributed by atoms with Gasteiger partial charge in [-0.25, -0.2) is 0 Å². The smallest absolute Gasteiger partial charge is 0.0240 e. The highest BCUT2D eigenvalue weighted by Gasteiger charge is 2.17. The summed E-state index contributed by atoms with van der Waals surface area (Å²) >= 11 is 0. The minimum atomic E-state index is 0.715. The summed E-state index contributed by atoms with van der Waals surface area (Å²) in [5.74, 6) is 1.43. The molecule has 0 aromatic heterocycles. The predicted molar refractivity (Wildman–Crippen MR) is 90.4 cm³/mol. The Balaban J connectivity index is 1.82. The topological polar surface area (TPSA) is 15.3 Å². The minimum absolute atomic E-state index is 0.715. The second-order valence-electron chi connectivity index (χ2n) is 6.70. The molecule has 0 spiro atoms. The zero-order valence-electron chi connectivity index (χ0n) is 13.2. The van der Waals surface area contributed by atoms with E-state index in [4.69, 9.17) is 0 Å². The van der Waals surface area contributed by atoms with Crippen LogP contribution in [0, 0.1) is 11.8 Å². The average Bonchev–Trinajstić information content (AvgIpc) is 2.46. The SMILES string of the molecule is CC1CNCC(C)CN(Cc2cccc3ccccc23)C1. The van der Waals surface area contributed by atoms with Gasteiger partial charge in [-0.3, -0.25) is 4.90 Å². The summed E-state index contributed by atoms with van der Waals surface area (Å²) in [5.41, 5.74) is 1.46. The third kappa shape index (κ3) is 3.63. The minimum Gasteiger partial charge on any atom is -0.316 e. The van der Waals surface area contributed by atoms with Crippen molar-refractivity contribution in [3.8, 4) is 0 Å². The van der Waals surface area contributed by atoms with Gasteiger partial charge < -0.3 is 5.32 Å². The lowest BCUT2D eigenvalue weighted by Crippen LogP contribution is -2.42. The third-order valence-electron chi connectivity index (χ3n) is 4.40. The zero-order chi connectivity index (χ0) is 14.7. The van der Waals surface area contributed by atoms with Crippen molar-refractivity contribution in [1.29, 1.82) is 0 Å². The molecule has 21 heavy (non-hydrogen) atoms. The van der Waals surface area contributed by atoms with E-state index in [-0.39, 0.29) is 0 Å². The van der Waals surface area contributed by atoms with Crippen LogP contribution in [0.4, 0.5) is 0 Å². The van der Waals surface area contributed by atoms with Crippen molar-refractivity contribution in [3.05, 3.63) is 48.0 Å². The molecule has 2 atom stereocenters. The van der Waals surface area contributed by atoms with E-state index in [1.807, 2.05) is 0 Å². The maximum atomic E-state index is 3.57. The highest BCUT2D eigenvalue weighted by Crippen LogP contribution is 2.21. The lowest BCUT2D eigenvalue weighted by Gasteiger charge is -2.32. The van der Waals surface area contributed by atoms with Gasteiger partial charge in [-0.2, -0.15) is 0 Å². The molecule has 0 aliphatic carbocycles. The molecule has 1 aliphatic rings. The van der Waals surface area contributed by atoms with E-state index in [1.165, 1.54) is 29.4 Å². The second-order valence-corrected chi connectivity index (χ2v) is 6.70. The van der Waals surface area contributed by atoms with Crippen molar-refractivity contribution < 1.29 is 0 Å². The van der Waals surface area contributed by atoms with E-state index < -0.39 is 0 Å². The van der Waals surface area contributed by atoms with Gasteiger partial charge in [0.15, 0.2) is 0 Å². The number of hydrogen-bond donors (Lipinski definition) is 1. The van der Waals surface area contributed by atoms with Crippen LogP contribution in [0.15, 0.2) is 42.5 Å². The predicted octanol–water partition coefficient (Wildman–Crippen LogP) is 3.52. The van der Waals surface area contributed by atoms with Crippen LogP contribution in [0.2, 0.25) is 0 Å². The van der Waals surface area contributed by atoms with Crippen molar-refractivity contribution in [1.82, 2.24) is 10.2 Å². The van der Waals surface area contributed by atoms with Crippen LogP contribution in [0.3, 0.4) is 0 Å². The standard InChI is InChI=1S/C19H26N2/c1-15-10-20-11-16(2)13-21(12-15)14-18-8-5-7-17-6-3-4-9-19(17)18/h3-9,15-16,20H,10-14H2,1-2H3. The molecule has 0 radical (unpaired) electrons. The molecular weight excluding hydrogens is 256 g/mol. The fraction of sp³-hybridized carbons (Fsp3) is 0.474. The molecule has 0 bridgehead atoms. The molecule has 0 saturated carbocycles. The first kappa shape index (κ1) is 14.6. The van der Waals surface area contributed by atoms with Crippen LogP contribution in [-0.2, 0) is 6.54 Å². The van der Waals surface area contributed by atoms with Crippen molar-refractivity contribution in [2.24, 2.45) is 11.8 Å². The summed E-state index contributed by atoms with van der Waals surface area (Å²) in [6.45, 7) is 10.4. The normalized spacial score (nSPS) is 24.7. The van der Waals surface area contributed by atoms with E-state index in [0.29, 0.717) is 11.8 Å². The number of nitrogens with zero attached hydrogens (tertiary/aromatic N) is 1. The van der Waals surface area contributed by atoms with E-state index in [9.17, 15) is 0 Å². The molecule has 2 heteroatoms. The maximum Gasteiger partial charge on any atom is 0.0240 e. The maximum absolute atomic E-state index is 3.57. The number of nitrogens with one attached hydrogen (secondary N) is 1. The lowest BCUT2D eigenvalue weighted by molar-refractivity contribution is 0.179. The molecule has 2 unspecified atom stereocenters. The van der Waals surface area contributed by atoms with Gasteiger partial charge in [0, 0.05) is 19.6 Å². The molecule has 1 heterocycles. The highest BCUT2D eigenvalue weighted by atomic mass is 15.1. The fourth-order valence-corrected chi connectivity index (χ4v) is 3.46. The van der Waals surface area contributed by atoms with Crippen LogP contribution < -0.4 is 5.32 Å². The molecule has 1 N–H and O–H groups in total. The lowest BCUT2D eigenvalue weighted by atomic mass is 10.0. The van der Waals surface area contributed by atoms with Gasteiger partial charge in [-0.15, -0.1) is 0 Å². The fourth-order valence-electron chi connectivity index (χ4n) is 3.46. The Morgan fingerprint density at radius 1 is 0.952 bits per heavy atom. The van der Waals surface area contributed by atoms with Crippen LogP contribution in [0.5, 0.6) is 0 Å². The second kappa shape index (κ2) is 6.59. The Morgan fingerprint density at radius 2 is 1.62 bits per heavy atom. The third-order valence-corrected chi connectivity index (χ3v) is 4.40. The monoisotopic (exact) mass is 282 g/mol. The Kier molecular flexibility index (Phi) is 4.57. The van der Waals surface area contributed by atoms with Crippen LogP contribution in [0.1, 0.15) is 19.4 Å². The first-order chi connectivity index (χ1) is 10.2. The van der Waals surface area contributed by atoms with Crippen molar-refractivity contribution in [2.75, 3.05) is 26.2 Å². The zero-order valence-corrected chi connectivity index (χ0v) is 13.2. The Morgan fingerprint density at radius 3 is 2.38 bits per heavy atom. The summed E-state index contributed by atoms with van der Waals surface area (Å²) in [4.78, 5) is 2.64. The highest BCUT2D eigenvalue weighted by molar-refractivity contribution is 5.85. The molecule has 1 aliphatic heterocycles. The molecule has 112 valence electrons. The van der Waals surface area contributed by atoms with Crippen LogP contribution >= 0.6 is 0 Å². The molecule has 0 amide bonds. The van der Waals surface area contributed by atoms with Gasteiger partial charge in [0.25, 0.3) is 0 Å². The number of rotatable bonds is 2. The number of hydrogen-bond acceptors (Lipinski definition) is 2. The van der Waals surface area contributed by atoms with Gasteiger partial charge in [-0.1, -0.05) is 56.3 Å². The summed E-state index contributed by atoms with van der Waals surface area (Å²) in [7, 11) is 0. The summed E-state index contributed by atoms with van der Waals surface area (Å²) in [6.07, 6.45) is 0. The van der Waals surface area contributed by atoms with Gasteiger partial charge in [0.05, 0.1) is 0 Å². The summed E-state index contributed by atoms with van der Waals surface area (Å²) < 4.78 is 0. The van der Waals surface area contributed by atoms with E-state index in [2.05, 4.69) is 66.5 Å². The largest absolute Gasteiger partial charge is 0.316 e.